The van der Waals surface area contributed by atoms with Crippen molar-refractivity contribution >= 4 is 0 Å². The van der Waals surface area contributed by atoms with Crippen molar-refractivity contribution in [3.05, 3.63) is 71.8 Å². The van der Waals surface area contributed by atoms with Gasteiger partial charge in [0.25, 0.3) is 0 Å². The molecule has 1 N–H and O–H groups in total. The molecule has 0 radical (unpaired) electrons. The number of hydrogen-bond donors (Lipinski definition) is 1. The van der Waals surface area contributed by atoms with Gasteiger partial charge in [-0.2, -0.15) is 0 Å². The third-order valence-corrected chi connectivity index (χ3v) is 4.58. The third kappa shape index (κ3) is 2.39. The zero-order valence-corrected chi connectivity index (χ0v) is 13.3. The smallest absolute Gasteiger partial charge is 0.134 e. The Morgan fingerprint density at radius 1 is 0.909 bits per heavy atom. The molecule has 1 aliphatic carbocycles. The summed E-state index contributed by atoms with van der Waals surface area (Å²) in [6.45, 7) is 7.22. The highest BCUT2D eigenvalue weighted by atomic mass is 16.3. The van der Waals surface area contributed by atoms with Gasteiger partial charge in [-0.25, -0.2) is 0 Å². The Morgan fingerprint density at radius 2 is 1.41 bits per heavy atom. The van der Waals surface area contributed by atoms with Crippen molar-refractivity contribution in [2.45, 2.75) is 19.4 Å². The molecule has 0 saturated carbocycles. The van der Waals surface area contributed by atoms with Crippen LogP contribution in [0.4, 0.5) is 0 Å². The largest absolute Gasteiger partial charge is 0.377 e. The van der Waals surface area contributed by atoms with Gasteiger partial charge < -0.3 is 10.0 Å². The van der Waals surface area contributed by atoms with Crippen molar-refractivity contribution in [3.8, 4) is 11.1 Å². The molecule has 0 atom stereocenters. The van der Waals surface area contributed by atoms with Crippen LogP contribution in [0.25, 0.3) is 11.1 Å². The molecule has 1 aliphatic rings. The molecule has 0 fully saturated rings. The van der Waals surface area contributed by atoms with Crippen LogP contribution in [0.3, 0.4) is 0 Å². The van der Waals surface area contributed by atoms with Crippen molar-refractivity contribution in [3.63, 3.8) is 0 Å². The van der Waals surface area contributed by atoms with E-state index in [1.54, 1.807) is 0 Å². The van der Waals surface area contributed by atoms with Crippen LogP contribution in [0.1, 0.15) is 25.0 Å². The first-order chi connectivity index (χ1) is 10.7. The minimum absolute atomic E-state index is 0.861. The number of aliphatic hydroxyl groups is 1. The second-order valence-electron chi connectivity index (χ2n) is 5.75. The first kappa shape index (κ1) is 15.0. The fourth-order valence-corrected chi connectivity index (χ4v) is 3.28. The number of fused-ring (bicyclic) bond motifs is 3. The van der Waals surface area contributed by atoms with Gasteiger partial charge in [0.15, 0.2) is 0 Å². The Hall–Kier alpha value is -1.90. The summed E-state index contributed by atoms with van der Waals surface area (Å²) >= 11 is 0. The van der Waals surface area contributed by atoms with Gasteiger partial charge in [0.05, 0.1) is 0 Å². The molecule has 22 heavy (non-hydrogen) atoms. The van der Waals surface area contributed by atoms with Crippen molar-refractivity contribution < 1.29 is 5.11 Å². The minimum Gasteiger partial charge on any atom is -0.377 e. The van der Waals surface area contributed by atoms with E-state index in [-0.39, 0.29) is 0 Å². The molecule has 3 rings (SSSR count). The lowest BCUT2D eigenvalue weighted by atomic mass is 9.91. The lowest BCUT2D eigenvalue weighted by Gasteiger charge is -2.23. The van der Waals surface area contributed by atoms with Crippen molar-refractivity contribution in [2.24, 2.45) is 0 Å². The summed E-state index contributed by atoms with van der Waals surface area (Å²) in [7, 11) is 0. The molecule has 0 bridgehead atoms. The van der Waals surface area contributed by atoms with E-state index in [2.05, 4.69) is 37.0 Å². The number of likely N-dealkylation sites (N-methyl/N-ethyl adjacent to an activating group) is 1. The number of rotatable bonds is 5. The molecule has 0 spiro atoms. The topological polar surface area (TPSA) is 23.5 Å². The summed E-state index contributed by atoms with van der Waals surface area (Å²) in [4.78, 5) is 2.33. The van der Waals surface area contributed by atoms with Crippen LogP contribution in [-0.2, 0) is 5.60 Å². The van der Waals surface area contributed by atoms with E-state index in [1.807, 2.05) is 42.5 Å². The predicted molar refractivity (Wildman–Crippen MR) is 91.8 cm³/mol. The minimum atomic E-state index is -1.01. The van der Waals surface area contributed by atoms with Gasteiger partial charge in [-0.05, 0) is 41.4 Å². The quantitative estimate of drug-likeness (QED) is 0.848. The Morgan fingerprint density at radius 3 is 1.91 bits per heavy atom. The summed E-state index contributed by atoms with van der Waals surface area (Å²) in [5, 5.41) is 11.3. The van der Waals surface area contributed by atoms with Crippen LogP contribution in [0.5, 0.6) is 0 Å². The maximum Gasteiger partial charge on any atom is 0.134 e. The highest BCUT2D eigenvalue weighted by molar-refractivity contribution is 5.81. The molecule has 2 nitrogen and oxygen atoms in total. The normalized spacial score (nSPS) is 15.3. The maximum atomic E-state index is 11.3. The zero-order valence-electron chi connectivity index (χ0n) is 13.3. The fourth-order valence-electron chi connectivity index (χ4n) is 3.28. The zero-order chi connectivity index (χ0) is 15.6. The molecule has 2 aromatic rings. The standard InChI is InChI=1S/C20H23NO/c1-3-21(4-2)15-9-14-20(22)18-12-7-5-10-16(18)17-11-6-8-13-19(17)20/h5-14,22H,3-4,15H2,1-2H3. The van der Waals surface area contributed by atoms with Crippen LogP contribution in [-0.4, -0.2) is 29.6 Å². The Kier molecular flexibility index (Phi) is 4.14. The highest BCUT2D eigenvalue weighted by Crippen LogP contribution is 2.47. The first-order valence-electron chi connectivity index (χ1n) is 8.02. The van der Waals surface area contributed by atoms with E-state index >= 15 is 0 Å². The molecular formula is C20H23NO. The molecule has 0 aliphatic heterocycles. The lowest BCUT2D eigenvalue weighted by Crippen LogP contribution is -2.25. The van der Waals surface area contributed by atoms with E-state index in [0.29, 0.717) is 0 Å². The van der Waals surface area contributed by atoms with E-state index in [0.717, 1.165) is 41.9 Å². The number of benzene rings is 2. The molecule has 0 saturated heterocycles. The molecule has 0 amide bonds. The summed E-state index contributed by atoms with van der Waals surface area (Å²) < 4.78 is 0. The maximum absolute atomic E-state index is 11.3. The van der Waals surface area contributed by atoms with Crippen molar-refractivity contribution in [2.75, 3.05) is 19.6 Å². The number of hydrogen-bond acceptors (Lipinski definition) is 2. The van der Waals surface area contributed by atoms with E-state index in [1.165, 1.54) is 0 Å². The molecule has 114 valence electrons. The SMILES string of the molecule is CCN(CC)CC=CC1(O)c2ccccc2-c2ccccc21. The van der Waals surface area contributed by atoms with Crippen LogP contribution < -0.4 is 0 Å². The third-order valence-electron chi connectivity index (χ3n) is 4.58. The van der Waals surface area contributed by atoms with Crippen molar-refractivity contribution in [1.82, 2.24) is 4.90 Å². The number of nitrogens with zero attached hydrogens (tertiary/aromatic N) is 1. The van der Waals surface area contributed by atoms with Crippen LogP contribution >= 0.6 is 0 Å². The van der Waals surface area contributed by atoms with E-state index in [4.69, 9.17) is 0 Å². The van der Waals surface area contributed by atoms with Crippen molar-refractivity contribution in [1.29, 1.82) is 0 Å². The van der Waals surface area contributed by atoms with Gasteiger partial charge in [-0.1, -0.05) is 68.5 Å². The van der Waals surface area contributed by atoms with Gasteiger partial charge in [0.1, 0.15) is 5.60 Å². The summed E-state index contributed by atoms with van der Waals surface area (Å²) in [5.74, 6) is 0. The molecule has 2 heteroatoms. The Balaban J connectivity index is 2.00. The van der Waals surface area contributed by atoms with Crippen LogP contribution in [0.15, 0.2) is 60.7 Å². The molecular weight excluding hydrogens is 270 g/mol. The summed E-state index contributed by atoms with van der Waals surface area (Å²) in [6.07, 6.45) is 4.04. The highest BCUT2D eigenvalue weighted by Gasteiger charge is 2.38. The summed E-state index contributed by atoms with van der Waals surface area (Å²) in [6, 6.07) is 16.3. The van der Waals surface area contributed by atoms with Gasteiger partial charge in [0.2, 0.25) is 0 Å². The van der Waals surface area contributed by atoms with Crippen LogP contribution in [0, 0.1) is 0 Å². The Bertz CT molecular complexity index is 640. The second-order valence-corrected chi connectivity index (χ2v) is 5.75. The summed E-state index contributed by atoms with van der Waals surface area (Å²) in [5.41, 5.74) is 3.21. The van der Waals surface area contributed by atoms with Gasteiger partial charge in [0, 0.05) is 6.54 Å². The van der Waals surface area contributed by atoms with Gasteiger partial charge >= 0.3 is 0 Å². The fraction of sp³-hybridized carbons (Fsp3) is 0.300. The molecule has 0 aromatic heterocycles. The molecule has 0 heterocycles. The molecule has 2 aromatic carbocycles. The monoisotopic (exact) mass is 293 g/mol. The van der Waals surface area contributed by atoms with E-state index in [9.17, 15) is 5.11 Å². The second kappa shape index (κ2) is 6.07. The average molecular weight is 293 g/mol. The lowest BCUT2D eigenvalue weighted by molar-refractivity contribution is 0.139. The average Bonchev–Trinajstić information content (AvgIpc) is 2.82. The Labute approximate surface area is 132 Å². The van der Waals surface area contributed by atoms with Gasteiger partial charge in [-0.3, -0.25) is 0 Å². The van der Waals surface area contributed by atoms with Crippen LogP contribution in [0.2, 0.25) is 0 Å². The first-order valence-corrected chi connectivity index (χ1v) is 8.02. The predicted octanol–water partition coefficient (Wildman–Crippen LogP) is 3.80. The molecule has 0 unspecified atom stereocenters. The van der Waals surface area contributed by atoms with E-state index < -0.39 is 5.60 Å². The van der Waals surface area contributed by atoms with Gasteiger partial charge in [-0.15, -0.1) is 0 Å².